The van der Waals surface area contributed by atoms with Gasteiger partial charge in [0, 0.05) is 16.7 Å². The molecule has 0 atom stereocenters. The molecule has 0 aliphatic heterocycles. The molecule has 3 aromatic carbocycles. The summed E-state index contributed by atoms with van der Waals surface area (Å²) in [6.45, 7) is 0. The van der Waals surface area contributed by atoms with E-state index in [4.69, 9.17) is 33.1 Å². The lowest BCUT2D eigenvalue weighted by molar-refractivity contribution is 0.0997. The van der Waals surface area contributed by atoms with Crippen LogP contribution in [0, 0.1) is 68.9 Å². The number of thiocarbonyl (C=S) groups is 1. The number of hydrogen-bond acceptors (Lipinski definition) is 10. The molecular formula is C30H17ClF6N8OS3. The van der Waals surface area contributed by atoms with Gasteiger partial charge < -0.3 is 17.2 Å². The van der Waals surface area contributed by atoms with Crippen LogP contribution in [0.4, 0.5) is 31.5 Å². The van der Waals surface area contributed by atoms with Gasteiger partial charge in [-0.3, -0.25) is 4.79 Å². The van der Waals surface area contributed by atoms with E-state index in [9.17, 15) is 31.1 Å². The molecule has 19 heteroatoms. The van der Waals surface area contributed by atoms with E-state index in [1.165, 1.54) is 12.1 Å². The minimum absolute atomic E-state index is 0.000000000000000222. The monoisotopic (exact) mass is 750 g/mol. The highest BCUT2D eigenvalue weighted by atomic mass is 35.5. The zero-order chi connectivity index (χ0) is 36.8. The molecule has 0 aliphatic carbocycles. The first-order chi connectivity index (χ1) is 23.1. The summed E-state index contributed by atoms with van der Waals surface area (Å²) in [5.74, 6) is -6.44. The van der Waals surface area contributed by atoms with Crippen LogP contribution < -0.4 is 17.2 Å². The molecule has 0 fully saturated rings. The molecule has 2 heterocycles. The number of thiazole rings is 2. The fourth-order valence-corrected chi connectivity index (χ4v) is 4.88. The number of carbonyl (C=O) groups is 1. The first-order valence-corrected chi connectivity index (χ1v) is 15.1. The fraction of sp³-hybridized carbons (Fsp3) is 0.0333. The average Bonchev–Trinajstić information content (AvgIpc) is 3.63. The molecule has 0 spiro atoms. The van der Waals surface area contributed by atoms with E-state index in [2.05, 4.69) is 33.7 Å². The highest BCUT2D eigenvalue weighted by Gasteiger charge is 2.15. The number of benzene rings is 3. The highest BCUT2D eigenvalue weighted by Crippen LogP contribution is 2.31. The number of carbonyl (C=O) groups excluding carboxylic acids is 1. The van der Waals surface area contributed by atoms with Gasteiger partial charge in [0.25, 0.3) is 0 Å². The number of Topliss-reactive ketones (excluding diaryl/α,β-unsaturated/α-hetero) is 1. The Morgan fingerprint density at radius 2 is 1.16 bits per heavy atom. The Labute approximate surface area is 292 Å². The molecule has 0 saturated carbocycles. The average molecular weight is 751 g/mol. The van der Waals surface area contributed by atoms with E-state index in [-0.39, 0.29) is 47.8 Å². The van der Waals surface area contributed by atoms with Crippen molar-refractivity contribution in [3.05, 3.63) is 109 Å². The number of hydrogen-bond donors (Lipinski definition) is 3. The van der Waals surface area contributed by atoms with Crippen LogP contribution >= 0.6 is 46.5 Å². The zero-order valence-electron chi connectivity index (χ0n) is 24.2. The molecule has 0 unspecified atom stereocenters. The van der Waals surface area contributed by atoms with Crippen molar-refractivity contribution in [1.29, 1.82) is 15.8 Å². The van der Waals surface area contributed by atoms with E-state index >= 15 is 0 Å². The van der Waals surface area contributed by atoms with Crippen LogP contribution in [-0.2, 0) is 0 Å². The van der Waals surface area contributed by atoms with E-state index in [1.807, 2.05) is 12.1 Å². The lowest BCUT2D eigenvalue weighted by Gasteiger charge is -1.98. The van der Waals surface area contributed by atoms with Gasteiger partial charge in [-0.05, 0) is 66.8 Å². The number of nitrogen functional groups attached to an aromatic ring is 1. The topological polar surface area (TPSA) is 192 Å². The van der Waals surface area contributed by atoms with Crippen LogP contribution in [0.2, 0.25) is 4.47 Å². The number of anilines is 1. The maximum absolute atomic E-state index is 13.0. The van der Waals surface area contributed by atoms with Gasteiger partial charge in [-0.1, -0.05) is 34.3 Å². The molecule has 0 radical (unpaired) electrons. The predicted molar refractivity (Wildman–Crippen MR) is 176 cm³/mol. The lowest BCUT2D eigenvalue weighted by Crippen LogP contribution is -2.18. The van der Waals surface area contributed by atoms with Crippen molar-refractivity contribution >= 4 is 62.5 Å². The van der Waals surface area contributed by atoms with Crippen LogP contribution in [0.15, 0.2) is 54.6 Å². The second-order valence-corrected chi connectivity index (χ2v) is 11.7. The molecule has 250 valence electrons. The second kappa shape index (κ2) is 18.7. The number of rotatable bonds is 4. The van der Waals surface area contributed by atoms with E-state index in [1.54, 1.807) is 6.07 Å². The molecular weight excluding hydrogens is 734 g/mol. The van der Waals surface area contributed by atoms with Crippen LogP contribution in [0.3, 0.4) is 0 Å². The highest BCUT2D eigenvalue weighted by molar-refractivity contribution is 7.80. The van der Waals surface area contributed by atoms with E-state index < -0.39 is 40.7 Å². The number of aromatic nitrogens is 2. The minimum atomic E-state index is -1.08. The Hall–Kier alpha value is -5.58. The molecule has 2 aromatic heterocycles. The van der Waals surface area contributed by atoms with Crippen LogP contribution in [0.25, 0.3) is 22.5 Å². The number of nitrogens with zero attached hydrogens (tertiary/aromatic N) is 5. The number of halogens is 7. The van der Waals surface area contributed by atoms with Crippen molar-refractivity contribution < 1.29 is 31.1 Å². The first kappa shape index (κ1) is 39.6. The van der Waals surface area contributed by atoms with Crippen molar-refractivity contribution in [2.45, 2.75) is 6.42 Å². The summed E-state index contributed by atoms with van der Waals surface area (Å²) in [4.78, 5) is 19.4. The van der Waals surface area contributed by atoms with Crippen molar-refractivity contribution in [3.8, 4) is 40.7 Å². The smallest absolute Gasteiger partial charge is 0.185 e. The van der Waals surface area contributed by atoms with Gasteiger partial charge in [0.05, 0.1) is 12.5 Å². The van der Waals surface area contributed by atoms with Crippen molar-refractivity contribution in [2.75, 3.05) is 5.73 Å². The summed E-state index contributed by atoms with van der Waals surface area (Å²) in [5, 5.41) is 26.0. The quantitative estimate of drug-likeness (QED) is 0.0947. The maximum Gasteiger partial charge on any atom is 0.185 e. The molecule has 6 N–H and O–H groups in total. The number of nitrogens with two attached hydrogens (primary N) is 3. The van der Waals surface area contributed by atoms with E-state index in [0.717, 1.165) is 65.1 Å². The Kier molecular flexibility index (Phi) is 15.1. The van der Waals surface area contributed by atoms with Gasteiger partial charge in [-0.2, -0.15) is 15.8 Å². The standard InChI is InChI=1S/C10H3ClF2N2S.C10H5F2N3S.C9H5F2NO.CH4N2S/c11-10-15-9(8(4-14)16-10)5-1-2-6(12)7(13)3-5;11-6-2-1-5(3-7(6)12)9-8(4-13)16-10(14)15-9;10-7-2-1-6(5-8(7)11)9(13)3-4-12;2-1(3)4/h1-3H;1-3H,(H2,14,15);1-2,5H,3H2;(H4,2,3,4). The Balaban J connectivity index is 0.000000243. The second-order valence-electron chi connectivity index (χ2n) is 8.65. The van der Waals surface area contributed by atoms with Gasteiger partial charge in [-0.15, -0.1) is 0 Å². The van der Waals surface area contributed by atoms with Gasteiger partial charge in [0.1, 0.15) is 33.3 Å². The normalized spacial score (nSPS) is 9.55. The third kappa shape index (κ3) is 11.9. The van der Waals surface area contributed by atoms with Crippen LogP contribution in [0.5, 0.6) is 0 Å². The zero-order valence-corrected chi connectivity index (χ0v) is 27.4. The SMILES string of the molecule is N#CCC(=O)c1ccc(F)c(F)c1.N#Cc1sc(Cl)nc1-c1ccc(F)c(F)c1.N#Cc1sc(N)nc1-c1ccc(F)c(F)c1.NC(N)=S. The van der Waals surface area contributed by atoms with E-state index in [0.29, 0.717) is 11.1 Å². The molecule has 5 aromatic rings. The summed E-state index contributed by atoms with van der Waals surface area (Å²) < 4.78 is 76.6. The fourth-order valence-electron chi connectivity index (χ4n) is 3.30. The molecule has 9 nitrogen and oxygen atoms in total. The summed E-state index contributed by atoms with van der Waals surface area (Å²) in [5.41, 5.74) is 15.9. The third-order valence-corrected chi connectivity index (χ3v) is 7.17. The summed E-state index contributed by atoms with van der Waals surface area (Å²) in [7, 11) is 0. The maximum atomic E-state index is 13.0. The summed E-state index contributed by atoms with van der Waals surface area (Å²) in [6, 6.07) is 14.9. The number of nitriles is 3. The lowest BCUT2D eigenvalue weighted by atomic mass is 10.1. The van der Waals surface area contributed by atoms with Crippen molar-refractivity contribution in [2.24, 2.45) is 11.5 Å². The van der Waals surface area contributed by atoms with Crippen LogP contribution in [0.1, 0.15) is 26.5 Å². The largest absolute Gasteiger partial charge is 0.377 e. The van der Waals surface area contributed by atoms with Crippen molar-refractivity contribution in [3.63, 3.8) is 0 Å². The molecule has 5 rings (SSSR count). The van der Waals surface area contributed by atoms with Crippen molar-refractivity contribution in [1.82, 2.24) is 9.97 Å². The van der Waals surface area contributed by atoms with Crippen LogP contribution in [-0.4, -0.2) is 20.9 Å². The van der Waals surface area contributed by atoms with Gasteiger partial charge in [-0.25, -0.2) is 36.3 Å². The van der Waals surface area contributed by atoms with Gasteiger partial charge in [0.15, 0.2) is 55.4 Å². The molecule has 0 saturated heterocycles. The number of ketones is 1. The third-order valence-electron chi connectivity index (χ3n) is 5.32. The van der Waals surface area contributed by atoms with Gasteiger partial charge >= 0.3 is 0 Å². The first-order valence-electron chi connectivity index (χ1n) is 12.7. The Bertz CT molecular complexity index is 2010. The summed E-state index contributed by atoms with van der Waals surface area (Å²) in [6.07, 6.45) is -0.328. The molecule has 49 heavy (non-hydrogen) atoms. The molecule has 0 amide bonds. The minimum Gasteiger partial charge on any atom is -0.377 e. The Morgan fingerprint density at radius 1 is 0.735 bits per heavy atom. The Morgan fingerprint density at radius 3 is 1.59 bits per heavy atom. The molecule has 0 aliphatic rings. The predicted octanol–water partition coefficient (Wildman–Crippen LogP) is 7.41. The van der Waals surface area contributed by atoms with Gasteiger partial charge in [0.2, 0.25) is 0 Å². The molecule has 0 bridgehead atoms. The summed E-state index contributed by atoms with van der Waals surface area (Å²) >= 11 is 11.8.